The molecule has 1 aliphatic heterocycles. The van der Waals surface area contributed by atoms with E-state index >= 15 is 0 Å². The molecule has 1 aliphatic rings. The zero-order valence-corrected chi connectivity index (χ0v) is 13.8. The number of anilines is 1. The van der Waals surface area contributed by atoms with Crippen LogP contribution in [0.15, 0.2) is 24.3 Å². The summed E-state index contributed by atoms with van der Waals surface area (Å²) >= 11 is 5.52. The third-order valence-corrected chi connectivity index (χ3v) is 4.18. The van der Waals surface area contributed by atoms with E-state index in [1.165, 1.54) is 5.56 Å². The number of nitrogens with one attached hydrogen (secondary N) is 1. The number of nitrogens with zero attached hydrogens (tertiary/aromatic N) is 2. The van der Waals surface area contributed by atoms with Gasteiger partial charge in [-0.2, -0.15) is 0 Å². The molecule has 0 radical (unpaired) electrons. The Labute approximate surface area is 128 Å². The van der Waals surface area contributed by atoms with Crippen molar-refractivity contribution in [1.82, 2.24) is 9.80 Å². The maximum Gasteiger partial charge on any atom is 0.173 e. The molecule has 2 rings (SSSR count). The van der Waals surface area contributed by atoms with Crippen molar-refractivity contribution in [2.45, 2.75) is 33.2 Å². The van der Waals surface area contributed by atoms with Crippen LogP contribution in [0.4, 0.5) is 5.69 Å². The van der Waals surface area contributed by atoms with E-state index in [4.69, 9.17) is 12.2 Å². The number of hydrogen-bond donors (Lipinski definition) is 1. The second-order valence-electron chi connectivity index (χ2n) is 6.44. The van der Waals surface area contributed by atoms with Gasteiger partial charge in [-0.15, -0.1) is 0 Å². The van der Waals surface area contributed by atoms with Crippen LogP contribution in [-0.2, 0) is 0 Å². The van der Waals surface area contributed by atoms with Crippen molar-refractivity contribution in [3.63, 3.8) is 0 Å². The van der Waals surface area contributed by atoms with E-state index in [2.05, 4.69) is 67.1 Å². The molecule has 0 aliphatic carbocycles. The molecule has 1 fully saturated rings. The van der Waals surface area contributed by atoms with Gasteiger partial charge in [-0.05, 0) is 52.0 Å². The van der Waals surface area contributed by atoms with Gasteiger partial charge in [0.05, 0.1) is 0 Å². The highest BCUT2D eigenvalue weighted by atomic mass is 32.1. The quantitative estimate of drug-likeness (QED) is 0.801. The number of hydrogen-bond acceptors (Lipinski definition) is 2. The first-order valence-corrected chi connectivity index (χ1v) is 7.65. The fourth-order valence-corrected chi connectivity index (χ4v) is 2.72. The average Bonchev–Trinajstić information content (AvgIpc) is 2.40. The van der Waals surface area contributed by atoms with Gasteiger partial charge < -0.3 is 10.2 Å². The zero-order chi connectivity index (χ0) is 14.8. The zero-order valence-electron chi connectivity index (χ0n) is 12.9. The fourth-order valence-electron chi connectivity index (χ4n) is 2.42. The third kappa shape index (κ3) is 3.93. The lowest BCUT2D eigenvalue weighted by atomic mass is 10.1. The van der Waals surface area contributed by atoms with Crippen LogP contribution in [0, 0.1) is 6.92 Å². The summed E-state index contributed by atoms with van der Waals surface area (Å²) in [5, 5.41) is 4.17. The van der Waals surface area contributed by atoms with E-state index in [0.29, 0.717) is 0 Å². The van der Waals surface area contributed by atoms with E-state index in [1.54, 1.807) is 0 Å². The monoisotopic (exact) mass is 291 g/mol. The first-order valence-electron chi connectivity index (χ1n) is 7.24. The first-order chi connectivity index (χ1) is 9.36. The Hall–Kier alpha value is -1.13. The predicted molar refractivity (Wildman–Crippen MR) is 90.3 cm³/mol. The SMILES string of the molecule is Cc1ccc(NC(=S)N2CCN(C(C)(C)C)CC2)cc1. The Morgan fingerprint density at radius 3 is 2.10 bits per heavy atom. The van der Waals surface area contributed by atoms with Crippen LogP contribution in [0.1, 0.15) is 26.3 Å². The minimum Gasteiger partial charge on any atom is -0.346 e. The summed E-state index contributed by atoms with van der Waals surface area (Å²) < 4.78 is 0. The molecule has 0 bridgehead atoms. The van der Waals surface area contributed by atoms with Crippen molar-refractivity contribution >= 4 is 23.0 Å². The molecule has 1 aromatic carbocycles. The van der Waals surface area contributed by atoms with Crippen molar-refractivity contribution in [3.8, 4) is 0 Å². The molecule has 110 valence electrons. The Morgan fingerprint density at radius 1 is 1.05 bits per heavy atom. The van der Waals surface area contributed by atoms with Crippen LogP contribution in [-0.4, -0.2) is 46.6 Å². The summed E-state index contributed by atoms with van der Waals surface area (Å²) in [7, 11) is 0. The van der Waals surface area contributed by atoms with E-state index in [9.17, 15) is 0 Å². The van der Waals surface area contributed by atoms with Gasteiger partial charge in [0.25, 0.3) is 0 Å². The van der Waals surface area contributed by atoms with Gasteiger partial charge in [-0.3, -0.25) is 4.90 Å². The number of rotatable bonds is 1. The molecular formula is C16H25N3S. The summed E-state index contributed by atoms with van der Waals surface area (Å²) in [6, 6.07) is 8.35. The lowest BCUT2D eigenvalue weighted by molar-refractivity contribution is 0.0891. The largest absolute Gasteiger partial charge is 0.346 e. The van der Waals surface area contributed by atoms with Crippen molar-refractivity contribution < 1.29 is 0 Å². The maximum absolute atomic E-state index is 5.52. The molecule has 0 amide bonds. The van der Waals surface area contributed by atoms with Crippen molar-refractivity contribution in [1.29, 1.82) is 0 Å². The number of benzene rings is 1. The molecular weight excluding hydrogens is 266 g/mol. The number of piperazine rings is 1. The van der Waals surface area contributed by atoms with E-state index in [0.717, 1.165) is 37.0 Å². The third-order valence-electron chi connectivity index (χ3n) is 3.82. The minimum absolute atomic E-state index is 0.248. The van der Waals surface area contributed by atoms with Crippen LogP contribution >= 0.6 is 12.2 Å². The molecule has 0 spiro atoms. The van der Waals surface area contributed by atoms with Crippen LogP contribution in [0.25, 0.3) is 0 Å². The molecule has 1 heterocycles. The summed E-state index contributed by atoms with van der Waals surface area (Å²) in [5.41, 5.74) is 2.58. The second kappa shape index (κ2) is 6.10. The Kier molecular flexibility index (Phi) is 4.66. The lowest BCUT2D eigenvalue weighted by Crippen LogP contribution is -2.55. The molecule has 1 saturated heterocycles. The van der Waals surface area contributed by atoms with Gasteiger partial charge in [0.1, 0.15) is 0 Å². The topological polar surface area (TPSA) is 18.5 Å². The summed E-state index contributed by atoms with van der Waals surface area (Å²) in [4.78, 5) is 4.77. The Morgan fingerprint density at radius 2 is 1.60 bits per heavy atom. The molecule has 4 heteroatoms. The van der Waals surface area contributed by atoms with Gasteiger partial charge in [-0.25, -0.2) is 0 Å². The van der Waals surface area contributed by atoms with Crippen LogP contribution in [0.5, 0.6) is 0 Å². The van der Waals surface area contributed by atoms with Crippen LogP contribution in [0.3, 0.4) is 0 Å². The van der Waals surface area contributed by atoms with E-state index in [1.807, 2.05) is 0 Å². The summed E-state index contributed by atoms with van der Waals surface area (Å²) in [5.74, 6) is 0. The molecule has 0 atom stereocenters. The van der Waals surface area contributed by atoms with Crippen LogP contribution in [0.2, 0.25) is 0 Å². The molecule has 0 saturated carbocycles. The molecule has 0 unspecified atom stereocenters. The molecule has 0 aromatic heterocycles. The van der Waals surface area contributed by atoms with Gasteiger partial charge >= 0.3 is 0 Å². The maximum atomic E-state index is 5.52. The van der Waals surface area contributed by atoms with Gasteiger partial charge in [-0.1, -0.05) is 17.7 Å². The average molecular weight is 291 g/mol. The van der Waals surface area contributed by atoms with Gasteiger partial charge in [0.2, 0.25) is 0 Å². The van der Waals surface area contributed by atoms with Crippen molar-refractivity contribution in [3.05, 3.63) is 29.8 Å². The summed E-state index contributed by atoms with van der Waals surface area (Å²) in [6.07, 6.45) is 0. The first kappa shape index (κ1) is 15.3. The molecule has 1 N–H and O–H groups in total. The predicted octanol–water partition coefficient (Wildman–Crippen LogP) is 3.11. The van der Waals surface area contributed by atoms with E-state index < -0.39 is 0 Å². The highest BCUT2D eigenvalue weighted by Crippen LogP contribution is 2.17. The second-order valence-corrected chi connectivity index (χ2v) is 6.83. The fraction of sp³-hybridized carbons (Fsp3) is 0.562. The van der Waals surface area contributed by atoms with E-state index in [-0.39, 0.29) is 5.54 Å². The lowest BCUT2D eigenvalue weighted by Gasteiger charge is -2.43. The normalized spacial score (nSPS) is 17.1. The highest BCUT2D eigenvalue weighted by molar-refractivity contribution is 7.80. The minimum atomic E-state index is 0.248. The van der Waals surface area contributed by atoms with Crippen molar-refractivity contribution in [2.75, 3.05) is 31.5 Å². The Balaban J connectivity index is 1.87. The van der Waals surface area contributed by atoms with Crippen LogP contribution < -0.4 is 5.32 Å². The molecule has 20 heavy (non-hydrogen) atoms. The number of aryl methyl sites for hydroxylation is 1. The van der Waals surface area contributed by atoms with Gasteiger partial charge in [0, 0.05) is 37.4 Å². The highest BCUT2D eigenvalue weighted by Gasteiger charge is 2.26. The molecule has 1 aromatic rings. The molecule has 3 nitrogen and oxygen atoms in total. The smallest absolute Gasteiger partial charge is 0.173 e. The Bertz CT molecular complexity index is 454. The van der Waals surface area contributed by atoms with Gasteiger partial charge in [0.15, 0.2) is 5.11 Å². The van der Waals surface area contributed by atoms with Crippen molar-refractivity contribution in [2.24, 2.45) is 0 Å². The summed E-state index contributed by atoms with van der Waals surface area (Å²) in [6.45, 7) is 13.0. The standard InChI is InChI=1S/C16H25N3S/c1-13-5-7-14(8-6-13)17-15(20)18-9-11-19(12-10-18)16(2,3)4/h5-8H,9-12H2,1-4H3,(H,17,20). The number of thiocarbonyl (C=S) groups is 1.